The fraction of sp³-hybridized carbons (Fsp3) is 0.333. The van der Waals surface area contributed by atoms with Crippen molar-refractivity contribution in [2.45, 2.75) is 11.5 Å². The second kappa shape index (κ2) is 4.88. The van der Waals surface area contributed by atoms with Crippen LogP contribution in [0.15, 0.2) is 23.1 Å². The lowest BCUT2D eigenvalue weighted by molar-refractivity contribution is 0.275. The van der Waals surface area contributed by atoms with E-state index in [2.05, 4.69) is 4.83 Å². The van der Waals surface area contributed by atoms with E-state index in [1.165, 1.54) is 19.1 Å². The molecule has 0 spiro atoms. The number of sulfonamides is 1. The Morgan fingerprint density at radius 2 is 2.06 bits per heavy atom. The summed E-state index contributed by atoms with van der Waals surface area (Å²) in [6.07, 6.45) is 0. The molecule has 1 aromatic rings. The Kier molecular flexibility index (Phi) is 3.98. The summed E-state index contributed by atoms with van der Waals surface area (Å²) in [7, 11) is -0.667. The molecule has 0 bridgehead atoms. The molecular formula is C9H13FN2O3S. The molecule has 0 aliphatic carbocycles. The molecule has 7 heteroatoms. The highest BCUT2D eigenvalue weighted by molar-refractivity contribution is 7.89. The highest BCUT2D eigenvalue weighted by Crippen LogP contribution is 2.15. The smallest absolute Gasteiger partial charge is 0.253 e. The van der Waals surface area contributed by atoms with Crippen LogP contribution in [0.25, 0.3) is 0 Å². The number of nitrogens with one attached hydrogen (secondary N) is 1. The second-order valence-electron chi connectivity index (χ2n) is 3.40. The molecule has 0 unspecified atom stereocenters. The van der Waals surface area contributed by atoms with Crippen LogP contribution >= 0.6 is 0 Å². The van der Waals surface area contributed by atoms with E-state index in [9.17, 15) is 12.8 Å². The maximum atomic E-state index is 13.0. The largest absolute Gasteiger partial charge is 0.392 e. The number of hydrogen-bond donors (Lipinski definition) is 2. The number of aliphatic hydroxyl groups is 1. The van der Waals surface area contributed by atoms with Gasteiger partial charge in [-0.1, -0.05) is 0 Å². The summed E-state index contributed by atoms with van der Waals surface area (Å²) in [5.41, 5.74) is -0.0540. The van der Waals surface area contributed by atoms with Gasteiger partial charge in [-0.3, -0.25) is 0 Å². The molecule has 0 saturated carbocycles. The average molecular weight is 248 g/mol. The van der Waals surface area contributed by atoms with Gasteiger partial charge < -0.3 is 5.11 Å². The molecule has 5 nitrogen and oxygen atoms in total. The minimum absolute atomic E-state index is 0.0540. The van der Waals surface area contributed by atoms with Gasteiger partial charge in [0.25, 0.3) is 10.0 Å². The number of benzene rings is 1. The molecule has 0 amide bonds. The van der Waals surface area contributed by atoms with Gasteiger partial charge in [-0.2, -0.15) is 0 Å². The number of nitrogens with zero attached hydrogens (tertiary/aromatic N) is 1. The predicted octanol–water partition coefficient (Wildman–Crippen LogP) is 0.0729. The Morgan fingerprint density at radius 3 is 2.56 bits per heavy atom. The maximum absolute atomic E-state index is 13.0. The standard InChI is InChI=1S/C9H13FN2O3S/c1-12(2)11-16(14,15)8-3-4-9(10)7(5-8)6-13/h3-5,11,13H,6H2,1-2H3. The van der Waals surface area contributed by atoms with Gasteiger partial charge >= 0.3 is 0 Å². The molecule has 1 rings (SSSR count). The van der Waals surface area contributed by atoms with E-state index in [1.807, 2.05) is 0 Å². The molecule has 0 saturated heterocycles. The van der Waals surface area contributed by atoms with Crippen molar-refractivity contribution >= 4 is 10.0 Å². The fourth-order valence-corrected chi connectivity index (χ4v) is 2.26. The molecule has 0 fully saturated rings. The van der Waals surface area contributed by atoms with E-state index in [0.29, 0.717) is 0 Å². The zero-order chi connectivity index (χ0) is 12.3. The van der Waals surface area contributed by atoms with Crippen LogP contribution in [0.3, 0.4) is 0 Å². The summed E-state index contributed by atoms with van der Waals surface area (Å²) in [6.45, 7) is -0.544. The topological polar surface area (TPSA) is 69.6 Å². The SMILES string of the molecule is CN(C)NS(=O)(=O)c1ccc(F)c(CO)c1. The summed E-state index contributed by atoms with van der Waals surface area (Å²) < 4.78 is 36.4. The van der Waals surface area contributed by atoms with E-state index in [4.69, 9.17) is 5.11 Å². The zero-order valence-corrected chi connectivity index (χ0v) is 9.75. The Balaban J connectivity index is 3.14. The lowest BCUT2D eigenvalue weighted by Gasteiger charge is -2.13. The second-order valence-corrected chi connectivity index (χ2v) is 5.06. The molecule has 0 aliphatic heterocycles. The van der Waals surface area contributed by atoms with E-state index >= 15 is 0 Å². The number of rotatable bonds is 4. The van der Waals surface area contributed by atoms with Gasteiger partial charge in [0.1, 0.15) is 5.82 Å². The van der Waals surface area contributed by atoms with Crippen molar-refractivity contribution < 1.29 is 17.9 Å². The van der Waals surface area contributed by atoms with Gasteiger partial charge in [-0.15, -0.1) is 4.83 Å². The number of hydrogen-bond acceptors (Lipinski definition) is 4. The molecule has 0 aliphatic rings. The van der Waals surface area contributed by atoms with Crippen LogP contribution in [0.5, 0.6) is 0 Å². The van der Waals surface area contributed by atoms with Crippen LogP contribution in [-0.4, -0.2) is 32.6 Å². The molecule has 1 aromatic carbocycles. The van der Waals surface area contributed by atoms with Crippen LogP contribution < -0.4 is 4.83 Å². The first-order chi connectivity index (χ1) is 7.36. The minimum Gasteiger partial charge on any atom is -0.392 e. The third-order valence-electron chi connectivity index (χ3n) is 1.80. The van der Waals surface area contributed by atoms with Crippen molar-refractivity contribution in [2.75, 3.05) is 14.1 Å². The third-order valence-corrected chi connectivity index (χ3v) is 3.28. The van der Waals surface area contributed by atoms with Gasteiger partial charge in [0.05, 0.1) is 11.5 Å². The lowest BCUT2D eigenvalue weighted by atomic mass is 10.2. The highest BCUT2D eigenvalue weighted by Gasteiger charge is 2.16. The quantitative estimate of drug-likeness (QED) is 0.740. The van der Waals surface area contributed by atoms with Gasteiger partial charge in [0, 0.05) is 19.7 Å². The maximum Gasteiger partial charge on any atom is 0.253 e. The van der Waals surface area contributed by atoms with Crippen molar-refractivity contribution in [3.05, 3.63) is 29.6 Å². The van der Waals surface area contributed by atoms with E-state index < -0.39 is 22.4 Å². The average Bonchev–Trinajstić information content (AvgIpc) is 2.16. The molecular weight excluding hydrogens is 235 g/mol. The molecule has 2 N–H and O–H groups in total. The summed E-state index contributed by atoms with van der Waals surface area (Å²) >= 11 is 0. The van der Waals surface area contributed by atoms with Gasteiger partial charge in [-0.25, -0.2) is 17.8 Å². The Hall–Kier alpha value is -1.02. The van der Waals surface area contributed by atoms with Crippen LogP contribution in [0, 0.1) is 5.82 Å². The molecule has 0 atom stereocenters. The Labute approximate surface area is 93.5 Å². The lowest BCUT2D eigenvalue weighted by Crippen LogP contribution is -2.36. The summed E-state index contributed by atoms with van der Waals surface area (Å²) in [6, 6.07) is 3.25. The number of halogens is 1. The van der Waals surface area contributed by atoms with E-state index in [0.717, 1.165) is 18.2 Å². The Bertz CT molecular complexity index is 474. The third kappa shape index (κ3) is 2.99. The van der Waals surface area contributed by atoms with Gasteiger partial charge in [0.15, 0.2) is 0 Å². The van der Waals surface area contributed by atoms with Crippen LogP contribution in [0.1, 0.15) is 5.56 Å². The number of aliphatic hydroxyl groups excluding tert-OH is 1. The monoisotopic (exact) mass is 248 g/mol. The summed E-state index contributed by atoms with van der Waals surface area (Å²) in [5.74, 6) is -0.633. The Morgan fingerprint density at radius 1 is 1.44 bits per heavy atom. The molecule has 0 radical (unpaired) electrons. The minimum atomic E-state index is -3.71. The first-order valence-corrected chi connectivity index (χ1v) is 5.94. The van der Waals surface area contributed by atoms with Crippen molar-refractivity contribution in [3.8, 4) is 0 Å². The van der Waals surface area contributed by atoms with Crippen molar-refractivity contribution in [3.63, 3.8) is 0 Å². The van der Waals surface area contributed by atoms with E-state index in [-0.39, 0.29) is 10.5 Å². The summed E-state index contributed by atoms with van der Waals surface area (Å²) in [5, 5.41) is 10.1. The van der Waals surface area contributed by atoms with Crippen molar-refractivity contribution in [1.29, 1.82) is 0 Å². The number of hydrazine groups is 1. The van der Waals surface area contributed by atoms with Crippen LogP contribution in [0.2, 0.25) is 0 Å². The van der Waals surface area contributed by atoms with Crippen molar-refractivity contribution in [2.24, 2.45) is 0 Å². The van der Waals surface area contributed by atoms with Gasteiger partial charge in [-0.05, 0) is 18.2 Å². The fourth-order valence-electron chi connectivity index (χ4n) is 1.13. The normalized spacial score (nSPS) is 12.1. The first kappa shape index (κ1) is 13.0. The van der Waals surface area contributed by atoms with Crippen molar-refractivity contribution in [1.82, 2.24) is 9.84 Å². The van der Waals surface area contributed by atoms with Crippen LogP contribution in [0.4, 0.5) is 4.39 Å². The molecule has 0 heterocycles. The van der Waals surface area contributed by atoms with Gasteiger partial charge in [0.2, 0.25) is 0 Å². The zero-order valence-electron chi connectivity index (χ0n) is 8.94. The molecule has 90 valence electrons. The van der Waals surface area contributed by atoms with E-state index in [1.54, 1.807) is 0 Å². The summed E-state index contributed by atoms with van der Waals surface area (Å²) in [4.78, 5) is 2.12. The predicted molar refractivity (Wildman–Crippen MR) is 56.3 cm³/mol. The first-order valence-electron chi connectivity index (χ1n) is 4.46. The molecule has 16 heavy (non-hydrogen) atoms. The molecule has 0 aromatic heterocycles. The highest BCUT2D eigenvalue weighted by atomic mass is 32.2. The van der Waals surface area contributed by atoms with Crippen LogP contribution in [-0.2, 0) is 16.6 Å².